The second-order valence-corrected chi connectivity index (χ2v) is 8.57. The van der Waals surface area contributed by atoms with E-state index in [9.17, 15) is 4.79 Å². The molecule has 1 N–H and O–H groups in total. The number of piperazine rings is 1. The molecule has 1 amide bonds. The lowest BCUT2D eigenvalue weighted by atomic mass is 9.84. The predicted octanol–water partition coefficient (Wildman–Crippen LogP) is 2.76. The van der Waals surface area contributed by atoms with Gasteiger partial charge in [0.1, 0.15) is 5.75 Å². The van der Waals surface area contributed by atoms with Crippen LogP contribution in [0.4, 0.5) is 5.69 Å². The lowest BCUT2D eigenvalue weighted by Crippen LogP contribution is -2.52. The van der Waals surface area contributed by atoms with Crippen molar-refractivity contribution in [3.63, 3.8) is 0 Å². The van der Waals surface area contributed by atoms with E-state index >= 15 is 0 Å². The molecule has 27 heavy (non-hydrogen) atoms. The van der Waals surface area contributed by atoms with Gasteiger partial charge in [0.25, 0.3) is 0 Å². The molecule has 5 heteroatoms. The van der Waals surface area contributed by atoms with Crippen LogP contribution < -0.4 is 15.0 Å². The molecule has 3 fully saturated rings. The van der Waals surface area contributed by atoms with Crippen LogP contribution in [0, 0.1) is 17.8 Å². The van der Waals surface area contributed by atoms with E-state index in [0.29, 0.717) is 12.6 Å². The average Bonchev–Trinajstić information content (AvgIpc) is 3.36. The third-order valence-electron chi connectivity index (χ3n) is 7.08. The molecule has 2 saturated carbocycles. The summed E-state index contributed by atoms with van der Waals surface area (Å²) in [6, 6.07) is 8.63. The molecular formula is C22H33N3O2. The molecule has 1 aliphatic heterocycles. The van der Waals surface area contributed by atoms with Crippen molar-refractivity contribution in [1.82, 2.24) is 10.2 Å². The van der Waals surface area contributed by atoms with Crippen molar-refractivity contribution in [3.05, 3.63) is 24.3 Å². The Bertz CT molecular complexity index is 639. The van der Waals surface area contributed by atoms with Crippen molar-refractivity contribution in [2.24, 2.45) is 17.8 Å². The number of benzene rings is 1. The molecule has 148 valence electrons. The molecule has 2 aliphatic carbocycles. The van der Waals surface area contributed by atoms with Crippen LogP contribution in [0.2, 0.25) is 0 Å². The fourth-order valence-electron chi connectivity index (χ4n) is 5.42. The maximum atomic E-state index is 12.6. The van der Waals surface area contributed by atoms with E-state index in [4.69, 9.17) is 4.74 Å². The molecule has 1 heterocycles. The van der Waals surface area contributed by atoms with E-state index < -0.39 is 0 Å². The van der Waals surface area contributed by atoms with Gasteiger partial charge in [-0.25, -0.2) is 0 Å². The topological polar surface area (TPSA) is 44.8 Å². The second kappa shape index (κ2) is 8.09. The van der Waals surface area contributed by atoms with Crippen LogP contribution in [0.15, 0.2) is 24.3 Å². The minimum Gasteiger partial charge on any atom is -0.497 e. The van der Waals surface area contributed by atoms with Crippen LogP contribution in [0.25, 0.3) is 0 Å². The summed E-state index contributed by atoms with van der Waals surface area (Å²) in [4.78, 5) is 17.0. The Labute approximate surface area is 163 Å². The minimum absolute atomic E-state index is 0.249. The monoisotopic (exact) mass is 371 g/mol. The molecule has 1 aromatic carbocycles. The highest BCUT2D eigenvalue weighted by Gasteiger charge is 2.41. The Balaban J connectivity index is 1.21. The van der Waals surface area contributed by atoms with Crippen LogP contribution in [0.3, 0.4) is 0 Å². The number of ether oxygens (including phenoxy) is 1. The number of hydrogen-bond acceptors (Lipinski definition) is 4. The summed E-state index contributed by atoms with van der Waals surface area (Å²) < 4.78 is 5.23. The third kappa shape index (κ3) is 4.08. The Morgan fingerprint density at radius 1 is 1.15 bits per heavy atom. The van der Waals surface area contributed by atoms with E-state index in [1.165, 1.54) is 31.4 Å². The van der Waals surface area contributed by atoms with Gasteiger partial charge in [0.05, 0.1) is 13.7 Å². The van der Waals surface area contributed by atoms with Gasteiger partial charge in [-0.15, -0.1) is 0 Å². The first kappa shape index (κ1) is 18.6. The summed E-state index contributed by atoms with van der Waals surface area (Å²) >= 11 is 0. The zero-order valence-electron chi connectivity index (χ0n) is 16.7. The molecular weight excluding hydrogens is 338 g/mol. The molecule has 0 aromatic heterocycles. The SMILES string of the molecule is COc1ccc(N2CCN(C(=O)CN[C@@H](C)[C@H]3C[C@H]4CC[C@H]3C4)CC2)cc1. The molecule has 1 saturated heterocycles. The number of methoxy groups -OCH3 is 1. The normalized spacial score (nSPS) is 28.4. The fraction of sp³-hybridized carbons (Fsp3) is 0.682. The molecule has 4 rings (SSSR count). The first-order valence-electron chi connectivity index (χ1n) is 10.5. The lowest BCUT2D eigenvalue weighted by molar-refractivity contribution is -0.130. The molecule has 0 spiro atoms. The zero-order valence-corrected chi connectivity index (χ0v) is 16.7. The van der Waals surface area contributed by atoms with Crippen molar-refractivity contribution in [2.75, 3.05) is 44.7 Å². The summed E-state index contributed by atoms with van der Waals surface area (Å²) in [7, 11) is 1.69. The summed E-state index contributed by atoms with van der Waals surface area (Å²) in [6.07, 6.45) is 5.64. The standard InChI is InChI=1S/C22H33N3O2/c1-16(21-14-17-3-4-18(21)13-17)23-15-22(26)25-11-9-24(10-12-25)19-5-7-20(27-2)8-6-19/h5-8,16-18,21,23H,3-4,9-15H2,1-2H3/t16-,17-,18-,21+/m0/s1. The van der Waals surface area contributed by atoms with Gasteiger partial charge in [-0.05, 0) is 68.2 Å². The predicted molar refractivity (Wildman–Crippen MR) is 108 cm³/mol. The Morgan fingerprint density at radius 2 is 1.89 bits per heavy atom. The molecule has 5 nitrogen and oxygen atoms in total. The minimum atomic E-state index is 0.249. The van der Waals surface area contributed by atoms with Crippen LogP contribution in [0.5, 0.6) is 5.75 Å². The second-order valence-electron chi connectivity index (χ2n) is 8.57. The number of nitrogens with one attached hydrogen (secondary N) is 1. The largest absolute Gasteiger partial charge is 0.497 e. The zero-order chi connectivity index (χ0) is 18.8. The number of anilines is 1. The van der Waals surface area contributed by atoms with E-state index in [2.05, 4.69) is 29.3 Å². The molecule has 3 aliphatic rings. The Hall–Kier alpha value is -1.75. The van der Waals surface area contributed by atoms with Gasteiger partial charge in [0, 0.05) is 37.9 Å². The third-order valence-corrected chi connectivity index (χ3v) is 7.08. The molecule has 0 radical (unpaired) electrons. The highest BCUT2D eigenvalue weighted by molar-refractivity contribution is 5.78. The molecule has 0 unspecified atom stereocenters. The van der Waals surface area contributed by atoms with Crippen LogP contribution in [-0.2, 0) is 4.79 Å². The maximum absolute atomic E-state index is 12.6. The number of carbonyl (C=O) groups is 1. The maximum Gasteiger partial charge on any atom is 0.236 e. The van der Waals surface area contributed by atoms with Gasteiger partial charge in [0.2, 0.25) is 5.91 Å². The quantitative estimate of drug-likeness (QED) is 0.835. The number of fused-ring (bicyclic) bond motifs is 2. The first-order valence-corrected chi connectivity index (χ1v) is 10.5. The Morgan fingerprint density at radius 3 is 2.48 bits per heavy atom. The van der Waals surface area contributed by atoms with Gasteiger partial charge in [-0.3, -0.25) is 4.79 Å². The number of carbonyl (C=O) groups excluding carboxylic acids is 1. The molecule has 2 bridgehead atoms. The summed E-state index contributed by atoms with van der Waals surface area (Å²) in [5.41, 5.74) is 1.20. The first-order chi connectivity index (χ1) is 13.1. The van der Waals surface area contributed by atoms with Gasteiger partial charge in [0.15, 0.2) is 0 Å². The van der Waals surface area contributed by atoms with E-state index in [0.717, 1.165) is 49.7 Å². The van der Waals surface area contributed by atoms with E-state index in [-0.39, 0.29) is 5.91 Å². The van der Waals surface area contributed by atoms with Crippen molar-refractivity contribution in [2.45, 2.75) is 38.6 Å². The van der Waals surface area contributed by atoms with Gasteiger partial charge >= 0.3 is 0 Å². The van der Waals surface area contributed by atoms with Crippen molar-refractivity contribution in [3.8, 4) is 5.75 Å². The van der Waals surface area contributed by atoms with Gasteiger partial charge in [-0.1, -0.05) is 6.42 Å². The van der Waals surface area contributed by atoms with Crippen LogP contribution >= 0.6 is 0 Å². The number of nitrogens with zero attached hydrogens (tertiary/aromatic N) is 2. The highest BCUT2D eigenvalue weighted by atomic mass is 16.5. The molecule has 1 aromatic rings. The van der Waals surface area contributed by atoms with Gasteiger partial charge < -0.3 is 19.9 Å². The highest BCUT2D eigenvalue weighted by Crippen LogP contribution is 2.49. The molecule has 4 atom stereocenters. The smallest absolute Gasteiger partial charge is 0.236 e. The fourth-order valence-corrected chi connectivity index (χ4v) is 5.42. The summed E-state index contributed by atoms with van der Waals surface area (Å²) in [6.45, 7) is 6.14. The summed E-state index contributed by atoms with van der Waals surface area (Å²) in [5.74, 6) is 3.78. The van der Waals surface area contributed by atoms with Crippen LogP contribution in [0.1, 0.15) is 32.6 Å². The number of hydrogen-bond donors (Lipinski definition) is 1. The number of amides is 1. The lowest BCUT2D eigenvalue weighted by Gasteiger charge is -2.36. The summed E-state index contributed by atoms with van der Waals surface area (Å²) in [5, 5.41) is 3.54. The van der Waals surface area contributed by atoms with Crippen molar-refractivity contribution < 1.29 is 9.53 Å². The van der Waals surface area contributed by atoms with Crippen molar-refractivity contribution >= 4 is 11.6 Å². The van der Waals surface area contributed by atoms with Crippen molar-refractivity contribution in [1.29, 1.82) is 0 Å². The van der Waals surface area contributed by atoms with Gasteiger partial charge in [-0.2, -0.15) is 0 Å². The average molecular weight is 372 g/mol. The van der Waals surface area contributed by atoms with E-state index in [1.54, 1.807) is 7.11 Å². The number of rotatable bonds is 6. The van der Waals surface area contributed by atoms with Crippen LogP contribution in [-0.4, -0.2) is 56.7 Å². The Kier molecular flexibility index (Phi) is 5.58. The van der Waals surface area contributed by atoms with E-state index in [1.807, 2.05) is 17.0 Å².